The zero-order chi connectivity index (χ0) is 14.9. The molecule has 0 spiro atoms. The lowest BCUT2D eigenvalue weighted by molar-refractivity contribution is -0.112. The molecule has 0 aliphatic carbocycles. The average molecular weight is 287 g/mol. The largest absolute Gasteiger partial charge is 0.349 e. The maximum atomic E-state index is 12.2. The Labute approximate surface area is 127 Å². The summed E-state index contributed by atoms with van der Waals surface area (Å²) in [4.78, 5) is 16.7. The van der Waals surface area contributed by atoms with Gasteiger partial charge in [0.2, 0.25) is 0 Å². The number of para-hydroxylation sites is 3. The zero-order valence-corrected chi connectivity index (χ0v) is 11.7. The molecule has 0 unspecified atom stereocenters. The van der Waals surface area contributed by atoms with Crippen LogP contribution >= 0.6 is 0 Å². The first kappa shape index (κ1) is 12.6. The summed E-state index contributed by atoms with van der Waals surface area (Å²) < 4.78 is 0. The first-order chi connectivity index (χ1) is 10.8. The maximum Gasteiger partial charge on any atom is 0.272 e. The predicted molar refractivity (Wildman–Crippen MR) is 88.4 cm³/mol. The van der Waals surface area contributed by atoms with Crippen molar-refractivity contribution in [3.05, 3.63) is 72.1 Å². The van der Waals surface area contributed by atoms with Gasteiger partial charge in [0, 0.05) is 5.39 Å². The minimum absolute atomic E-state index is 0.159. The first-order valence-electron chi connectivity index (χ1n) is 7.04. The molecule has 3 aromatic rings. The highest BCUT2D eigenvalue weighted by molar-refractivity contribution is 6.13. The van der Waals surface area contributed by atoms with Crippen molar-refractivity contribution in [1.82, 2.24) is 4.98 Å². The number of pyridine rings is 1. The van der Waals surface area contributed by atoms with E-state index in [9.17, 15) is 4.79 Å². The van der Waals surface area contributed by atoms with E-state index >= 15 is 0 Å². The molecule has 0 bridgehead atoms. The van der Waals surface area contributed by atoms with E-state index < -0.39 is 0 Å². The SMILES string of the molecule is O=C1Nc2ccccc2NC1=Cc1ccc2ccccc2n1. The van der Waals surface area contributed by atoms with Crippen LogP contribution in [0.3, 0.4) is 0 Å². The molecule has 2 aromatic carbocycles. The Kier molecular flexibility index (Phi) is 2.86. The second kappa shape index (κ2) is 5.00. The van der Waals surface area contributed by atoms with Gasteiger partial charge in [0.05, 0.1) is 22.6 Å². The molecule has 106 valence electrons. The number of anilines is 2. The van der Waals surface area contributed by atoms with Crippen LogP contribution in [0.15, 0.2) is 66.4 Å². The van der Waals surface area contributed by atoms with E-state index in [1.54, 1.807) is 6.08 Å². The number of benzene rings is 2. The molecule has 4 heteroatoms. The molecule has 4 rings (SSSR count). The van der Waals surface area contributed by atoms with E-state index in [0.717, 1.165) is 28.0 Å². The second-order valence-electron chi connectivity index (χ2n) is 5.11. The van der Waals surface area contributed by atoms with Crippen molar-refractivity contribution in [1.29, 1.82) is 0 Å². The normalized spacial score (nSPS) is 15.3. The number of carbonyl (C=O) groups is 1. The van der Waals surface area contributed by atoms with E-state index in [1.807, 2.05) is 60.7 Å². The fourth-order valence-electron chi connectivity index (χ4n) is 2.50. The number of carbonyl (C=O) groups excluding carboxylic acids is 1. The number of hydrogen-bond acceptors (Lipinski definition) is 3. The summed E-state index contributed by atoms with van der Waals surface area (Å²) in [5.41, 5.74) is 3.82. The topological polar surface area (TPSA) is 54.0 Å². The van der Waals surface area contributed by atoms with Gasteiger partial charge >= 0.3 is 0 Å². The van der Waals surface area contributed by atoms with Gasteiger partial charge in [-0.05, 0) is 30.3 Å². The number of nitrogens with zero attached hydrogens (tertiary/aromatic N) is 1. The number of fused-ring (bicyclic) bond motifs is 2. The lowest BCUT2D eigenvalue weighted by Crippen LogP contribution is -2.25. The lowest BCUT2D eigenvalue weighted by atomic mass is 10.1. The molecule has 1 aliphatic heterocycles. The highest BCUT2D eigenvalue weighted by Gasteiger charge is 2.18. The van der Waals surface area contributed by atoms with E-state index in [4.69, 9.17) is 0 Å². The van der Waals surface area contributed by atoms with Crippen molar-refractivity contribution < 1.29 is 4.79 Å². The van der Waals surface area contributed by atoms with Gasteiger partial charge in [0.1, 0.15) is 5.70 Å². The van der Waals surface area contributed by atoms with Crippen molar-refractivity contribution in [3.8, 4) is 0 Å². The Balaban J connectivity index is 1.73. The summed E-state index contributed by atoms with van der Waals surface area (Å²) in [5, 5.41) is 7.10. The molecule has 1 amide bonds. The van der Waals surface area contributed by atoms with Crippen molar-refractivity contribution in [2.24, 2.45) is 0 Å². The minimum Gasteiger partial charge on any atom is -0.349 e. The number of rotatable bonds is 1. The van der Waals surface area contributed by atoms with Gasteiger partial charge in [-0.15, -0.1) is 0 Å². The Morgan fingerprint density at radius 2 is 1.55 bits per heavy atom. The Hall–Kier alpha value is -3.14. The standard InChI is InChI=1S/C18H13N3O/c22-18-17(20-15-7-3-4-8-16(15)21-18)11-13-10-9-12-5-1-2-6-14(12)19-13/h1-11,20H,(H,21,22). The molecule has 1 aromatic heterocycles. The molecular weight excluding hydrogens is 274 g/mol. The first-order valence-corrected chi connectivity index (χ1v) is 7.04. The van der Waals surface area contributed by atoms with Crippen molar-refractivity contribution in [3.63, 3.8) is 0 Å². The highest BCUT2D eigenvalue weighted by Crippen LogP contribution is 2.27. The van der Waals surface area contributed by atoms with Crippen molar-refractivity contribution in [2.45, 2.75) is 0 Å². The Morgan fingerprint density at radius 3 is 2.41 bits per heavy atom. The number of hydrogen-bond donors (Lipinski definition) is 2. The van der Waals surface area contributed by atoms with Gasteiger partial charge in [-0.2, -0.15) is 0 Å². The van der Waals surface area contributed by atoms with E-state index in [-0.39, 0.29) is 5.91 Å². The molecule has 22 heavy (non-hydrogen) atoms. The summed E-state index contributed by atoms with van der Waals surface area (Å²) in [5.74, 6) is -0.159. The van der Waals surface area contributed by atoms with Crippen LogP contribution in [-0.2, 0) is 4.79 Å². The van der Waals surface area contributed by atoms with Crippen LogP contribution in [0.5, 0.6) is 0 Å². The summed E-state index contributed by atoms with van der Waals surface area (Å²) in [6.07, 6.45) is 1.76. The maximum absolute atomic E-state index is 12.2. The Bertz CT molecular complexity index is 915. The highest BCUT2D eigenvalue weighted by atomic mass is 16.2. The molecule has 0 fully saturated rings. The molecule has 2 N–H and O–H groups in total. The van der Waals surface area contributed by atoms with E-state index in [2.05, 4.69) is 15.6 Å². The summed E-state index contributed by atoms with van der Waals surface area (Å²) in [6, 6.07) is 19.4. The van der Waals surface area contributed by atoms with Gasteiger partial charge in [-0.25, -0.2) is 4.98 Å². The smallest absolute Gasteiger partial charge is 0.272 e. The molecule has 1 aliphatic rings. The van der Waals surface area contributed by atoms with Crippen molar-refractivity contribution in [2.75, 3.05) is 10.6 Å². The molecule has 0 saturated carbocycles. The van der Waals surface area contributed by atoms with Crippen LogP contribution in [0.2, 0.25) is 0 Å². The fourth-order valence-corrected chi connectivity index (χ4v) is 2.50. The molecule has 0 saturated heterocycles. The van der Waals surface area contributed by atoms with E-state index in [1.165, 1.54) is 0 Å². The van der Waals surface area contributed by atoms with Crippen LogP contribution in [0.1, 0.15) is 5.69 Å². The van der Waals surface area contributed by atoms with Gasteiger partial charge in [0.25, 0.3) is 5.91 Å². The van der Waals surface area contributed by atoms with Gasteiger partial charge in [0.15, 0.2) is 0 Å². The summed E-state index contributed by atoms with van der Waals surface area (Å²) in [6.45, 7) is 0. The van der Waals surface area contributed by atoms with Crippen LogP contribution in [0, 0.1) is 0 Å². The van der Waals surface area contributed by atoms with Crippen LogP contribution in [0.4, 0.5) is 11.4 Å². The zero-order valence-electron chi connectivity index (χ0n) is 11.7. The molecule has 0 atom stereocenters. The van der Waals surface area contributed by atoms with Crippen LogP contribution < -0.4 is 10.6 Å². The van der Waals surface area contributed by atoms with Gasteiger partial charge in [-0.3, -0.25) is 4.79 Å². The predicted octanol–water partition coefficient (Wildman–Crippen LogP) is 3.64. The third kappa shape index (κ3) is 2.20. The molecule has 4 nitrogen and oxygen atoms in total. The fraction of sp³-hybridized carbons (Fsp3) is 0. The Morgan fingerprint density at radius 1 is 0.818 bits per heavy atom. The number of aromatic nitrogens is 1. The molecule has 0 radical (unpaired) electrons. The van der Waals surface area contributed by atoms with Crippen LogP contribution in [-0.4, -0.2) is 10.9 Å². The second-order valence-corrected chi connectivity index (χ2v) is 5.11. The van der Waals surface area contributed by atoms with Gasteiger partial charge < -0.3 is 10.6 Å². The van der Waals surface area contributed by atoms with Crippen molar-refractivity contribution >= 4 is 34.3 Å². The third-order valence-corrected chi connectivity index (χ3v) is 3.60. The van der Waals surface area contributed by atoms with Crippen LogP contribution in [0.25, 0.3) is 17.0 Å². The molecule has 2 heterocycles. The quantitative estimate of drug-likeness (QED) is 0.672. The third-order valence-electron chi connectivity index (χ3n) is 3.60. The number of nitrogens with one attached hydrogen (secondary N) is 2. The summed E-state index contributed by atoms with van der Waals surface area (Å²) >= 11 is 0. The summed E-state index contributed by atoms with van der Waals surface area (Å²) in [7, 11) is 0. The molecular formula is C18H13N3O. The minimum atomic E-state index is -0.159. The van der Waals surface area contributed by atoms with Gasteiger partial charge in [-0.1, -0.05) is 36.4 Å². The lowest BCUT2D eigenvalue weighted by Gasteiger charge is -2.20. The average Bonchev–Trinajstić information content (AvgIpc) is 2.55. The number of amides is 1. The van der Waals surface area contributed by atoms with E-state index in [0.29, 0.717) is 5.70 Å². The monoisotopic (exact) mass is 287 g/mol.